The van der Waals surface area contributed by atoms with Gasteiger partial charge >= 0.3 is 47.8 Å². The number of amides is 2. The molecule has 0 bridgehead atoms. The zero-order chi connectivity index (χ0) is 68.5. The number of ether oxygens (including phenoxy) is 16. The van der Waals surface area contributed by atoms with Crippen LogP contribution in [0.15, 0.2) is 0 Å². The lowest BCUT2D eigenvalue weighted by atomic mass is 10.4. The van der Waals surface area contributed by atoms with Crippen molar-refractivity contribution in [3.63, 3.8) is 0 Å². The summed E-state index contributed by atoms with van der Waals surface area (Å²) >= 11 is 0. The van der Waals surface area contributed by atoms with Gasteiger partial charge in [0.25, 0.3) is 0 Å². The Labute approximate surface area is 503 Å². The molecule has 0 aliphatic heterocycles. The van der Waals surface area contributed by atoms with Crippen LogP contribution in [0, 0.1) is 0 Å². The monoisotopic (exact) mass is 1230 g/mol. The highest BCUT2D eigenvalue weighted by molar-refractivity contribution is 5.73. The van der Waals surface area contributed by atoms with Gasteiger partial charge in [0.2, 0.25) is 11.8 Å². The molecule has 28 nitrogen and oxygen atoms in total. The molecule has 0 heterocycles. The number of rotatable bonds is 24. The van der Waals surface area contributed by atoms with Crippen LogP contribution in [0.2, 0.25) is 0 Å². The predicted octanol–water partition coefficient (Wildman–Crippen LogP) is 4.86. The lowest BCUT2D eigenvalue weighted by Crippen LogP contribution is -2.17. The number of hydrogen-bond donors (Lipinski definition) is 0. The van der Waals surface area contributed by atoms with Gasteiger partial charge in [-0.25, -0.2) is 0 Å². The van der Waals surface area contributed by atoms with Crippen LogP contribution in [0.25, 0.3) is 0 Å². The normalized spacial score (nSPS) is 12.1. The molecule has 28 heteroatoms. The smallest absolute Gasteiger partial charge is 0.302 e. The van der Waals surface area contributed by atoms with Crippen LogP contribution in [-0.4, -0.2) is 256 Å². The van der Waals surface area contributed by atoms with Gasteiger partial charge in [0.1, 0.15) is 48.8 Å². The molecule has 0 spiro atoms. The molecule has 0 aromatic rings. The molecule has 84 heavy (non-hydrogen) atoms. The molecule has 0 aliphatic carbocycles. The van der Waals surface area contributed by atoms with Crippen molar-refractivity contribution < 1.29 is 124 Å². The summed E-state index contributed by atoms with van der Waals surface area (Å²) in [7, 11) is 19.5. The lowest BCUT2D eigenvalue weighted by molar-refractivity contribution is -0.148. The maximum Gasteiger partial charge on any atom is 0.302 e. The van der Waals surface area contributed by atoms with Crippen LogP contribution < -0.4 is 0 Å². The van der Waals surface area contributed by atoms with Crippen LogP contribution >= 0.6 is 0 Å². The summed E-state index contributed by atoms with van der Waals surface area (Å²) in [5.41, 5.74) is 0. The summed E-state index contributed by atoms with van der Waals surface area (Å²) in [6, 6.07) is 0. The lowest BCUT2D eigenvalue weighted by Gasteiger charge is -2.08. The first kappa shape index (κ1) is 100. The first-order valence-electron chi connectivity index (χ1n) is 26.3. The first-order valence-corrected chi connectivity index (χ1v) is 26.3. The maximum atomic E-state index is 10.3. The van der Waals surface area contributed by atoms with Gasteiger partial charge in [0.05, 0.1) is 52.9 Å². The predicted molar refractivity (Wildman–Crippen MR) is 314 cm³/mol. The summed E-state index contributed by atoms with van der Waals surface area (Å²) in [6.07, 6.45) is -1.06. The maximum absolute atomic E-state index is 10.3. The molecule has 8 atom stereocenters. The second-order valence-electron chi connectivity index (χ2n) is 17.8. The SMILES string of the molecule is CC(=O)N(C)C.CC(=O)N(C)C.COCC(C)OC(C)=O.COCC(C)OC(C)=O.COCC(C)OC(C)=O.COCC(C)OC(C)=O.COCC(C)OC(C)=O.COCC(C)OC(C)=O.COCC(C)OC(C)=O.COCC(C)OC(C)=O. The Balaban J connectivity index is -0.0000000908. The molecular formula is C56H114N2O26. The van der Waals surface area contributed by atoms with E-state index in [2.05, 4.69) is 0 Å². The van der Waals surface area contributed by atoms with Crippen LogP contribution in [0.5, 0.6) is 0 Å². The molecule has 0 fully saturated rings. The summed E-state index contributed by atoms with van der Waals surface area (Å²) < 4.78 is 75.6. The Kier molecular flexibility index (Phi) is 87.8. The number of carbonyl (C=O) groups is 10. The van der Waals surface area contributed by atoms with Crippen molar-refractivity contribution in [3.05, 3.63) is 0 Å². The minimum atomic E-state index is -0.264. The van der Waals surface area contributed by atoms with Crippen LogP contribution in [0.4, 0.5) is 0 Å². The van der Waals surface area contributed by atoms with E-state index in [0.29, 0.717) is 52.9 Å². The van der Waals surface area contributed by atoms with E-state index in [1.54, 1.807) is 140 Å². The molecule has 0 aromatic carbocycles. The van der Waals surface area contributed by atoms with E-state index < -0.39 is 0 Å². The van der Waals surface area contributed by atoms with Crippen molar-refractivity contribution in [2.75, 3.05) is 138 Å². The largest absolute Gasteiger partial charge is 0.460 e. The molecule has 0 radical (unpaired) electrons. The van der Waals surface area contributed by atoms with Gasteiger partial charge in [-0.15, -0.1) is 0 Å². The summed E-state index contributed by atoms with van der Waals surface area (Å²) in [5, 5.41) is 0. The van der Waals surface area contributed by atoms with Crippen molar-refractivity contribution >= 4 is 59.6 Å². The van der Waals surface area contributed by atoms with Crippen molar-refractivity contribution in [2.45, 2.75) is 173 Å². The molecule has 0 saturated carbocycles. The Morgan fingerprint density at radius 1 is 0.226 bits per heavy atom. The van der Waals surface area contributed by atoms with E-state index in [1.165, 1.54) is 79.0 Å². The quantitative estimate of drug-likeness (QED) is 0.0919. The highest BCUT2D eigenvalue weighted by Crippen LogP contribution is 1.95. The zero-order valence-electron chi connectivity index (χ0n) is 56.8. The highest BCUT2D eigenvalue weighted by Gasteiger charge is 2.07. The van der Waals surface area contributed by atoms with Gasteiger partial charge in [0, 0.05) is 154 Å². The summed E-state index contributed by atoms with van der Waals surface area (Å²) in [5.74, 6) is -1.93. The number of nitrogens with zero attached hydrogens (tertiary/aromatic N) is 2. The second kappa shape index (κ2) is 73.5. The molecule has 2 amide bonds. The van der Waals surface area contributed by atoms with Crippen molar-refractivity contribution in [3.8, 4) is 0 Å². The Bertz CT molecular complexity index is 1300. The van der Waals surface area contributed by atoms with Crippen LogP contribution in [0.3, 0.4) is 0 Å². The average molecular weight is 1230 g/mol. The standard InChI is InChI=1S/8C6H12O3.2C4H9NO/c8*1-5(4-8-3)9-6(2)7;2*1-4(6)5(2)3/h8*5H,4H2,1-3H3;2*1-3H3. The van der Waals surface area contributed by atoms with Gasteiger partial charge in [-0.2, -0.15) is 0 Å². The Morgan fingerprint density at radius 2 is 0.298 bits per heavy atom. The third-order valence-corrected chi connectivity index (χ3v) is 7.41. The van der Waals surface area contributed by atoms with Gasteiger partial charge in [-0.1, -0.05) is 0 Å². The van der Waals surface area contributed by atoms with E-state index >= 15 is 0 Å². The summed E-state index contributed by atoms with van der Waals surface area (Å²) in [6.45, 7) is 32.0. The van der Waals surface area contributed by atoms with E-state index in [9.17, 15) is 47.9 Å². The van der Waals surface area contributed by atoms with E-state index in [1.807, 2.05) is 0 Å². The van der Waals surface area contributed by atoms with Gasteiger partial charge in [-0.3, -0.25) is 47.9 Å². The topological polar surface area (TPSA) is 325 Å². The zero-order valence-corrected chi connectivity index (χ0v) is 56.8. The number of esters is 8. The Morgan fingerprint density at radius 3 is 0.333 bits per heavy atom. The highest BCUT2D eigenvalue weighted by atomic mass is 16.6. The molecule has 8 unspecified atom stereocenters. The average Bonchev–Trinajstić information content (AvgIpc) is 3.29. The van der Waals surface area contributed by atoms with Crippen molar-refractivity contribution in [1.29, 1.82) is 0 Å². The van der Waals surface area contributed by atoms with Crippen LogP contribution in [-0.2, 0) is 124 Å². The van der Waals surface area contributed by atoms with Crippen molar-refractivity contribution in [2.24, 2.45) is 0 Å². The first-order chi connectivity index (χ1) is 38.6. The van der Waals surface area contributed by atoms with Crippen LogP contribution in [0.1, 0.15) is 125 Å². The minimum absolute atomic E-state index is 0.0926. The fraction of sp³-hybridized carbons (Fsp3) is 0.821. The number of carbonyl (C=O) groups excluding carboxylic acids is 10. The fourth-order valence-electron chi connectivity index (χ4n) is 4.42. The van der Waals surface area contributed by atoms with Crippen molar-refractivity contribution in [1.82, 2.24) is 9.80 Å². The molecule has 0 aromatic heterocycles. The minimum Gasteiger partial charge on any atom is -0.460 e. The fourth-order valence-corrected chi connectivity index (χ4v) is 4.42. The molecule has 0 rings (SSSR count). The van der Waals surface area contributed by atoms with Gasteiger partial charge < -0.3 is 85.6 Å². The second-order valence-corrected chi connectivity index (χ2v) is 17.8. The number of methoxy groups -OCH3 is 8. The molecule has 0 N–H and O–H groups in total. The third kappa shape index (κ3) is 127. The van der Waals surface area contributed by atoms with Gasteiger partial charge in [-0.05, 0) is 55.4 Å². The number of hydrogen-bond acceptors (Lipinski definition) is 26. The Hall–Kier alpha value is -5.62. The summed E-state index contributed by atoms with van der Waals surface area (Å²) in [4.78, 5) is 105. The molecular weight excluding hydrogens is 1120 g/mol. The van der Waals surface area contributed by atoms with Gasteiger partial charge in [0.15, 0.2) is 0 Å². The van der Waals surface area contributed by atoms with E-state index in [4.69, 9.17) is 75.8 Å². The third-order valence-electron chi connectivity index (χ3n) is 7.41. The van der Waals surface area contributed by atoms with E-state index in [-0.39, 0.29) is 108 Å². The molecule has 0 aliphatic rings. The molecule has 504 valence electrons. The van der Waals surface area contributed by atoms with E-state index in [0.717, 1.165) is 0 Å². The molecule has 0 saturated heterocycles.